The molecule has 1 aliphatic heterocycles. The second-order valence-electron chi connectivity index (χ2n) is 6.05. The van der Waals surface area contributed by atoms with Gasteiger partial charge in [-0.2, -0.15) is 4.98 Å². The van der Waals surface area contributed by atoms with Crippen LogP contribution >= 0.6 is 11.6 Å². The zero-order valence-corrected chi connectivity index (χ0v) is 14.3. The van der Waals surface area contributed by atoms with Crippen molar-refractivity contribution in [3.63, 3.8) is 0 Å². The summed E-state index contributed by atoms with van der Waals surface area (Å²) in [6.07, 6.45) is 4.73. The Morgan fingerprint density at radius 2 is 1.96 bits per heavy atom. The first-order valence-corrected chi connectivity index (χ1v) is 8.67. The van der Waals surface area contributed by atoms with E-state index in [4.69, 9.17) is 11.6 Å². The van der Waals surface area contributed by atoms with Crippen LogP contribution in [0.15, 0.2) is 30.3 Å². The first kappa shape index (κ1) is 16.1. The highest BCUT2D eigenvalue weighted by Gasteiger charge is 2.13. The zero-order valence-electron chi connectivity index (χ0n) is 13.6. The van der Waals surface area contributed by atoms with Crippen LogP contribution < -0.4 is 10.2 Å². The van der Waals surface area contributed by atoms with Gasteiger partial charge in [0.25, 0.3) is 0 Å². The maximum Gasteiger partial charge on any atom is 0.224 e. The monoisotopic (exact) mass is 330 g/mol. The lowest BCUT2D eigenvalue weighted by molar-refractivity contribution is 0.573. The van der Waals surface area contributed by atoms with Crippen LogP contribution in [0.1, 0.15) is 30.5 Å². The van der Waals surface area contributed by atoms with Crippen LogP contribution in [0.25, 0.3) is 0 Å². The Balaban J connectivity index is 1.62. The number of benzene rings is 1. The third kappa shape index (κ3) is 4.58. The van der Waals surface area contributed by atoms with Crippen LogP contribution in [0.4, 0.5) is 11.8 Å². The summed E-state index contributed by atoms with van der Waals surface area (Å²) >= 11 is 6.02. The Morgan fingerprint density at radius 3 is 2.74 bits per heavy atom. The molecule has 0 atom stereocenters. The Labute approximate surface area is 142 Å². The van der Waals surface area contributed by atoms with Crippen LogP contribution in [-0.2, 0) is 6.42 Å². The topological polar surface area (TPSA) is 41.1 Å². The molecule has 2 heterocycles. The van der Waals surface area contributed by atoms with Crippen molar-refractivity contribution in [2.24, 2.45) is 0 Å². The van der Waals surface area contributed by atoms with Gasteiger partial charge in [-0.05, 0) is 50.3 Å². The van der Waals surface area contributed by atoms with E-state index in [0.717, 1.165) is 42.6 Å². The summed E-state index contributed by atoms with van der Waals surface area (Å²) in [4.78, 5) is 11.5. The summed E-state index contributed by atoms with van der Waals surface area (Å²) in [5.74, 6) is 1.76. The van der Waals surface area contributed by atoms with Crippen molar-refractivity contribution in [2.45, 2.75) is 32.6 Å². The minimum Gasteiger partial charge on any atom is -0.356 e. The van der Waals surface area contributed by atoms with E-state index in [-0.39, 0.29) is 0 Å². The lowest BCUT2D eigenvalue weighted by atomic mass is 10.1. The third-order valence-electron chi connectivity index (χ3n) is 4.11. The molecule has 0 bridgehead atoms. The van der Waals surface area contributed by atoms with Gasteiger partial charge in [0.15, 0.2) is 0 Å². The molecule has 0 saturated carbocycles. The molecule has 1 saturated heterocycles. The summed E-state index contributed by atoms with van der Waals surface area (Å²) in [6.45, 7) is 5.01. The van der Waals surface area contributed by atoms with Crippen molar-refractivity contribution >= 4 is 23.4 Å². The Bertz CT molecular complexity index is 653. The quantitative estimate of drug-likeness (QED) is 0.896. The van der Waals surface area contributed by atoms with Gasteiger partial charge in [0, 0.05) is 36.4 Å². The third-order valence-corrected chi connectivity index (χ3v) is 4.34. The second-order valence-corrected chi connectivity index (χ2v) is 6.48. The summed E-state index contributed by atoms with van der Waals surface area (Å²) in [7, 11) is 0. The highest BCUT2D eigenvalue weighted by molar-refractivity contribution is 6.30. The van der Waals surface area contributed by atoms with Crippen molar-refractivity contribution in [1.29, 1.82) is 0 Å². The van der Waals surface area contributed by atoms with Gasteiger partial charge in [-0.1, -0.05) is 23.7 Å². The zero-order chi connectivity index (χ0) is 16.1. The average Bonchev–Trinajstić information content (AvgIpc) is 2.55. The van der Waals surface area contributed by atoms with Gasteiger partial charge >= 0.3 is 0 Å². The van der Waals surface area contributed by atoms with E-state index < -0.39 is 0 Å². The molecule has 0 aliphatic carbocycles. The Kier molecular flexibility index (Phi) is 5.34. The lowest BCUT2D eigenvalue weighted by Crippen LogP contribution is -2.30. The molecule has 0 amide bonds. The highest BCUT2D eigenvalue weighted by atomic mass is 35.5. The van der Waals surface area contributed by atoms with Gasteiger partial charge in [-0.15, -0.1) is 0 Å². The van der Waals surface area contributed by atoms with E-state index in [0.29, 0.717) is 5.95 Å². The first-order valence-electron chi connectivity index (χ1n) is 8.30. The molecule has 23 heavy (non-hydrogen) atoms. The molecule has 1 aromatic carbocycles. The highest BCUT2D eigenvalue weighted by Crippen LogP contribution is 2.19. The van der Waals surface area contributed by atoms with Crippen LogP contribution in [0.5, 0.6) is 0 Å². The maximum atomic E-state index is 6.02. The minimum atomic E-state index is 0.715. The van der Waals surface area contributed by atoms with E-state index >= 15 is 0 Å². The number of hydrogen-bond donors (Lipinski definition) is 1. The number of rotatable bonds is 5. The molecule has 1 aromatic heterocycles. The normalized spacial score (nSPS) is 14.8. The largest absolute Gasteiger partial charge is 0.356 e. The lowest BCUT2D eigenvalue weighted by Gasteiger charge is -2.28. The van der Waals surface area contributed by atoms with Gasteiger partial charge in [0.1, 0.15) is 5.82 Å². The molecule has 1 N–H and O–H groups in total. The fraction of sp³-hybridized carbons (Fsp3) is 0.444. The number of aromatic nitrogens is 2. The number of hydrogen-bond acceptors (Lipinski definition) is 4. The molecule has 1 aliphatic rings. The average molecular weight is 331 g/mol. The van der Waals surface area contributed by atoms with E-state index in [9.17, 15) is 0 Å². The van der Waals surface area contributed by atoms with Gasteiger partial charge in [-0.25, -0.2) is 4.98 Å². The molecular weight excluding hydrogens is 308 g/mol. The number of nitrogens with one attached hydrogen (secondary N) is 1. The molecule has 0 radical (unpaired) electrons. The predicted molar refractivity (Wildman–Crippen MR) is 96.5 cm³/mol. The van der Waals surface area contributed by atoms with E-state index in [2.05, 4.69) is 32.3 Å². The maximum absolute atomic E-state index is 6.02. The summed E-state index contributed by atoms with van der Waals surface area (Å²) in [5.41, 5.74) is 2.22. The van der Waals surface area contributed by atoms with Gasteiger partial charge in [-0.3, -0.25) is 0 Å². The number of aryl methyl sites for hydroxylation is 1. The SMILES string of the molecule is Cc1cc(N2CCCCC2)nc(NCCc2cccc(Cl)c2)n1. The molecule has 4 nitrogen and oxygen atoms in total. The fourth-order valence-electron chi connectivity index (χ4n) is 2.93. The van der Waals surface area contributed by atoms with Crippen LogP contribution in [-0.4, -0.2) is 29.6 Å². The predicted octanol–water partition coefficient (Wildman–Crippen LogP) is 4.08. The number of anilines is 2. The molecule has 0 spiro atoms. The van der Waals surface area contributed by atoms with Crippen LogP contribution in [0.2, 0.25) is 5.02 Å². The van der Waals surface area contributed by atoms with Gasteiger partial charge < -0.3 is 10.2 Å². The van der Waals surface area contributed by atoms with Crippen molar-refractivity contribution in [3.05, 3.63) is 46.6 Å². The second kappa shape index (κ2) is 7.64. The Morgan fingerprint density at radius 1 is 1.13 bits per heavy atom. The summed E-state index contributed by atoms with van der Waals surface area (Å²) in [5, 5.41) is 4.12. The molecule has 2 aromatic rings. The van der Waals surface area contributed by atoms with Crippen molar-refractivity contribution in [2.75, 3.05) is 29.9 Å². The minimum absolute atomic E-state index is 0.715. The fourth-order valence-corrected chi connectivity index (χ4v) is 3.14. The number of piperidine rings is 1. The standard InChI is InChI=1S/C18H23ClN4/c1-14-12-17(23-10-3-2-4-11-23)22-18(21-14)20-9-8-15-6-5-7-16(19)13-15/h5-7,12-13H,2-4,8-11H2,1H3,(H,20,21,22). The van der Waals surface area contributed by atoms with E-state index in [1.807, 2.05) is 25.1 Å². The smallest absolute Gasteiger partial charge is 0.224 e. The van der Waals surface area contributed by atoms with E-state index in [1.165, 1.54) is 24.8 Å². The summed E-state index contributed by atoms with van der Waals surface area (Å²) < 4.78 is 0. The first-order chi connectivity index (χ1) is 11.2. The molecular formula is C18H23ClN4. The molecule has 3 rings (SSSR count). The molecule has 1 fully saturated rings. The van der Waals surface area contributed by atoms with Gasteiger partial charge in [0.05, 0.1) is 0 Å². The molecule has 122 valence electrons. The van der Waals surface area contributed by atoms with Crippen LogP contribution in [0, 0.1) is 6.92 Å². The summed E-state index contributed by atoms with van der Waals surface area (Å²) in [6, 6.07) is 10.0. The van der Waals surface area contributed by atoms with Crippen LogP contribution in [0.3, 0.4) is 0 Å². The molecule has 0 unspecified atom stereocenters. The number of nitrogens with zero attached hydrogens (tertiary/aromatic N) is 3. The Hall–Kier alpha value is -1.81. The van der Waals surface area contributed by atoms with Crippen molar-refractivity contribution in [1.82, 2.24) is 9.97 Å². The molecule has 5 heteroatoms. The van der Waals surface area contributed by atoms with Crippen molar-refractivity contribution < 1.29 is 0 Å². The van der Waals surface area contributed by atoms with E-state index in [1.54, 1.807) is 0 Å². The number of halogens is 1. The van der Waals surface area contributed by atoms with Gasteiger partial charge in [0.2, 0.25) is 5.95 Å². The van der Waals surface area contributed by atoms with Crippen molar-refractivity contribution in [3.8, 4) is 0 Å².